The Morgan fingerprint density at radius 1 is 1.06 bits per heavy atom. The Morgan fingerprint density at radius 3 is 2.42 bits per heavy atom. The van der Waals surface area contributed by atoms with Gasteiger partial charge in [0.1, 0.15) is 0 Å². The number of rotatable bonds is 4. The lowest BCUT2D eigenvalue weighted by Gasteiger charge is -2.39. The fraction of sp³-hybridized carbons (Fsp3) is 0.429. The smallest absolute Gasteiger partial charge is 0.252 e. The zero-order valence-corrected chi connectivity index (χ0v) is 18.9. The molecule has 0 unspecified atom stereocenters. The molecule has 0 radical (unpaired) electrons. The molecule has 166 valence electrons. The number of piperazine rings is 1. The van der Waals surface area contributed by atoms with Gasteiger partial charge in [-0.25, -0.2) is 13.8 Å². The highest BCUT2D eigenvalue weighted by atomic mass is 35.5. The molecule has 2 fully saturated rings. The van der Waals surface area contributed by atoms with Crippen molar-refractivity contribution in [3.63, 3.8) is 0 Å². The number of carbonyl (C=O) groups excluding carboxylic acids is 1. The van der Waals surface area contributed by atoms with E-state index in [1.807, 2.05) is 4.90 Å². The Hall–Kier alpha value is -2.20. The van der Waals surface area contributed by atoms with E-state index in [-0.39, 0.29) is 29.9 Å². The van der Waals surface area contributed by atoms with Crippen molar-refractivity contribution in [2.45, 2.75) is 30.7 Å². The predicted molar refractivity (Wildman–Crippen MR) is 121 cm³/mol. The lowest BCUT2D eigenvalue weighted by Crippen LogP contribution is -2.60. The summed E-state index contributed by atoms with van der Waals surface area (Å²) in [6.07, 6.45) is 1.67. The van der Waals surface area contributed by atoms with Crippen molar-refractivity contribution in [3.8, 4) is 0 Å². The second-order valence-corrected chi connectivity index (χ2v) is 10.4. The summed E-state index contributed by atoms with van der Waals surface area (Å²) in [5.74, 6) is 0.304. The van der Waals surface area contributed by atoms with E-state index in [2.05, 4.69) is 5.43 Å². The van der Waals surface area contributed by atoms with Gasteiger partial charge < -0.3 is 4.90 Å². The predicted octanol–water partition coefficient (Wildman–Crippen LogP) is 2.29. The van der Waals surface area contributed by atoms with E-state index in [1.165, 1.54) is 4.31 Å². The Bertz CT molecular complexity index is 1120. The van der Waals surface area contributed by atoms with E-state index < -0.39 is 10.0 Å². The first-order valence-electron chi connectivity index (χ1n) is 10.3. The number of halogens is 1. The summed E-state index contributed by atoms with van der Waals surface area (Å²) in [6, 6.07) is 10.4. The highest BCUT2D eigenvalue weighted by molar-refractivity contribution is 7.89. The minimum atomic E-state index is -3.78. The van der Waals surface area contributed by atoms with Crippen LogP contribution in [0.3, 0.4) is 0 Å². The number of benzene rings is 2. The van der Waals surface area contributed by atoms with Crippen molar-refractivity contribution >= 4 is 44.1 Å². The summed E-state index contributed by atoms with van der Waals surface area (Å²) in [6.45, 7) is 3.68. The molecule has 0 atom stereocenters. The van der Waals surface area contributed by atoms with Gasteiger partial charge in [0.25, 0.3) is 5.91 Å². The first-order chi connectivity index (χ1) is 14.7. The Balaban J connectivity index is 1.40. The summed E-state index contributed by atoms with van der Waals surface area (Å²) < 4.78 is 27.5. The molecule has 10 heteroatoms. The molecule has 0 aromatic heterocycles. The van der Waals surface area contributed by atoms with Gasteiger partial charge in [-0.2, -0.15) is 4.31 Å². The fourth-order valence-electron chi connectivity index (χ4n) is 4.06. The third-order valence-electron chi connectivity index (χ3n) is 5.90. The molecule has 1 amide bonds. The average Bonchev–Trinajstić information content (AvgIpc) is 2.75. The second kappa shape index (κ2) is 8.74. The summed E-state index contributed by atoms with van der Waals surface area (Å²) in [7, 11) is -3.78. The van der Waals surface area contributed by atoms with Crippen LogP contribution in [0.15, 0.2) is 41.3 Å². The van der Waals surface area contributed by atoms with E-state index in [0.717, 1.165) is 36.7 Å². The number of amides is 1. The minimum absolute atomic E-state index is 0.148. The van der Waals surface area contributed by atoms with E-state index in [0.29, 0.717) is 17.4 Å². The number of piperidine rings is 1. The second-order valence-electron chi connectivity index (χ2n) is 8.01. The first kappa shape index (κ1) is 22.0. The summed E-state index contributed by atoms with van der Waals surface area (Å²) in [4.78, 5) is 14.9. The lowest BCUT2D eigenvalue weighted by molar-refractivity contribution is -0.138. The van der Waals surface area contributed by atoms with Gasteiger partial charge in [0, 0.05) is 30.7 Å². The van der Waals surface area contributed by atoms with Gasteiger partial charge >= 0.3 is 0 Å². The highest BCUT2D eigenvalue weighted by Crippen LogP contribution is 2.25. The van der Waals surface area contributed by atoms with E-state index in [4.69, 9.17) is 17.0 Å². The van der Waals surface area contributed by atoms with Crippen LogP contribution in [-0.4, -0.2) is 73.1 Å². The first-order valence-corrected chi connectivity index (χ1v) is 12.1. The molecule has 31 heavy (non-hydrogen) atoms. The molecule has 2 heterocycles. The van der Waals surface area contributed by atoms with Crippen molar-refractivity contribution in [2.75, 3.05) is 32.7 Å². The van der Waals surface area contributed by atoms with Crippen molar-refractivity contribution in [1.82, 2.24) is 19.6 Å². The normalized spacial score (nSPS) is 19.2. The third kappa shape index (κ3) is 4.69. The number of likely N-dealkylation sites (tertiary alicyclic amines) is 1. The number of amidine groups is 1. The molecule has 4 rings (SSSR count). The Labute approximate surface area is 187 Å². The van der Waals surface area contributed by atoms with Crippen LogP contribution in [0.25, 0.3) is 10.8 Å². The van der Waals surface area contributed by atoms with Gasteiger partial charge in [0.2, 0.25) is 10.0 Å². The largest absolute Gasteiger partial charge is 0.361 e. The van der Waals surface area contributed by atoms with E-state index in [1.54, 1.807) is 48.3 Å². The molecule has 0 bridgehead atoms. The molecule has 2 saturated heterocycles. The molecule has 2 aromatic rings. The maximum Gasteiger partial charge on any atom is 0.252 e. The monoisotopic (exact) mass is 463 g/mol. The summed E-state index contributed by atoms with van der Waals surface area (Å²) in [5, 5.41) is 11.5. The van der Waals surface area contributed by atoms with Crippen molar-refractivity contribution in [1.29, 1.82) is 5.41 Å². The number of nitrogens with one attached hydrogen (secondary N) is 2. The molecule has 2 aliphatic heterocycles. The summed E-state index contributed by atoms with van der Waals surface area (Å²) >= 11 is 6.00. The van der Waals surface area contributed by atoms with E-state index in [9.17, 15) is 13.2 Å². The standard InChI is InChI=1S/C21H26ClN5O3S/c1-15(23)25-8-6-19(7-9-25)24-27-11-10-26(14-21(27)28)31(29,30)20-5-3-16-12-18(22)4-2-17(16)13-20/h2-5,12-13,19,23-24H,6-11,14H2,1H3. The molecule has 0 aliphatic carbocycles. The molecule has 2 aromatic carbocycles. The summed E-state index contributed by atoms with van der Waals surface area (Å²) in [5.41, 5.74) is 3.26. The van der Waals surface area contributed by atoms with Crippen LogP contribution in [-0.2, 0) is 14.8 Å². The maximum atomic E-state index is 13.1. The molecular formula is C21H26ClN5O3S. The molecular weight excluding hydrogens is 438 g/mol. The minimum Gasteiger partial charge on any atom is -0.361 e. The number of hydrazine groups is 1. The molecule has 2 N–H and O–H groups in total. The number of sulfonamides is 1. The number of hydrogen-bond acceptors (Lipinski definition) is 5. The van der Waals surface area contributed by atoms with Crippen LogP contribution >= 0.6 is 11.6 Å². The highest BCUT2D eigenvalue weighted by Gasteiger charge is 2.34. The van der Waals surface area contributed by atoms with Crippen LogP contribution in [0, 0.1) is 5.41 Å². The van der Waals surface area contributed by atoms with Crippen molar-refractivity contribution in [2.24, 2.45) is 0 Å². The van der Waals surface area contributed by atoms with Gasteiger partial charge in [-0.05, 0) is 54.8 Å². The van der Waals surface area contributed by atoms with Crippen molar-refractivity contribution in [3.05, 3.63) is 41.4 Å². The van der Waals surface area contributed by atoms with Crippen molar-refractivity contribution < 1.29 is 13.2 Å². The van der Waals surface area contributed by atoms with Crippen LogP contribution in [0.2, 0.25) is 5.02 Å². The van der Waals surface area contributed by atoms with Crippen LogP contribution in [0.5, 0.6) is 0 Å². The van der Waals surface area contributed by atoms with Gasteiger partial charge in [0.05, 0.1) is 23.8 Å². The van der Waals surface area contributed by atoms with Gasteiger partial charge in [-0.3, -0.25) is 15.2 Å². The third-order valence-corrected chi connectivity index (χ3v) is 7.98. The molecule has 2 aliphatic rings. The van der Waals surface area contributed by atoms with Crippen LogP contribution in [0.4, 0.5) is 0 Å². The lowest BCUT2D eigenvalue weighted by atomic mass is 10.1. The number of nitrogens with zero attached hydrogens (tertiary/aromatic N) is 3. The zero-order valence-electron chi connectivity index (χ0n) is 17.3. The van der Waals surface area contributed by atoms with Crippen LogP contribution in [0.1, 0.15) is 19.8 Å². The topological polar surface area (TPSA) is 96.8 Å². The van der Waals surface area contributed by atoms with Gasteiger partial charge in [-0.15, -0.1) is 0 Å². The quantitative estimate of drug-likeness (QED) is 0.535. The van der Waals surface area contributed by atoms with E-state index >= 15 is 0 Å². The SMILES string of the molecule is CC(=N)N1CCC(NN2CCN(S(=O)(=O)c3ccc4cc(Cl)ccc4c3)CC2=O)CC1. The molecule has 8 nitrogen and oxygen atoms in total. The molecule has 0 spiro atoms. The molecule has 0 saturated carbocycles. The number of fused-ring (bicyclic) bond motifs is 1. The average molecular weight is 464 g/mol. The fourth-order valence-corrected chi connectivity index (χ4v) is 5.66. The van der Waals surface area contributed by atoms with Crippen LogP contribution < -0.4 is 5.43 Å². The van der Waals surface area contributed by atoms with Gasteiger partial charge in [0.15, 0.2) is 0 Å². The zero-order chi connectivity index (χ0) is 22.2. The maximum absolute atomic E-state index is 13.1. The van der Waals surface area contributed by atoms with Gasteiger partial charge in [-0.1, -0.05) is 23.7 Å². The number of carbonyl (C=O) groups is 1. The Kier molecular flexibility index (Phi) is 6.20. The Morgan fingerprint density at radius 2 is 1.74 bits per heavy atom. The number of hydrogen-bond donors (Lipinski definition) is 2.